The number of Topliss-reactive ketones (excluding diaryl/α,β-unsaturated/α-hetero) is 1. The minimum atomic E-state index is -0.952. The van der Waals surface area contributed by atoms with Crippen molar-refractivity contribution in [1.29, 1.82) is 0 Å². The number of hydrogen-bond acceptors (Lipinski definition) is 6. The van der Waals surface area contributed by atoms with Gasteiger partial charge in [-0.05, 0) is 66.6 Å². The van der Waals surface area contributed by atoms with E-state index in [1.165, 1.54) is 23.1 Å². The molecule has 0 aliphatic carbocycles. The van der Waals surface area contributed by atoms with Gasteiger partial charge in [-0.25, -0.2) is 9.37 Å². The number of anilines is 1. The number of thiazole rings is 1. The maximum atomic E-state index is 13.8. The normalized spacial score (nSPS) is 17.2. The Morgan fingerprint density at radius 1 is 1.11 bits per heavy atom. The molecule has 3 aromatic carbocycles. The lowest BCUT2D eigenvalue weighted by molar-refractivity contribution is -0.132. The predicted octanol–water partition coefficient (Wildman–Crippen LogP) is 6.50. The van der Waals surface area contributed by atoms with Crippen LogP contribution in [-0.2, 0) is 9.59 Å². The van der Waals surface area contributed by atoms with Gasteiger partial charge in [-0.2, -0.15) is 0 Å². The van der Waals surface area contributed by atoms with Crippen LogP contribution >= 0.6 is 22.9 Å². The Hall–Kier alpha value is -3.75. The average Bonchev–Trinajstić information content (AvgIpc) is 3.40. The van der Waals surface area contributed by atoms with E-state index < -0.39 is 23.5 Å². The Morgan fingerprint density at radius 3 is 2.53 bits per heavy atom. The summed E-state index contributed by atoms with van der Waals surface area (Å²) in [5, 5.41) is 11.9. The molecule has 9 heteroatoms. The lowest BCUT2D eigenvalue weighted by Gasteiger charge is -2.23. The van der Waals surface area contributed by atoms with E-state index in [9.17, 15) is 19.1 Å². The third-order valence-corrected chi connectivity index (χ3v) is 7.05. The van der Waals surface area contributed by atoms with Crippen LogP contribution in [0.1, 0.15) is 30.5 Å². The van der Waals surface area contributed by atoms with Crippen molar-refractivity contribution in [3.8, 4) is 5.75 Å². The SMILES string of the molecule is CCCOc1ccc(C2/C(=C(\O)c3ccc(Cl)cc3)C(=O)C(=O)N2c2nc3ccc(F)cc3s2)cc1. The fraction of sp³-hybridized carbons (Fsp3) is 0.148. The number of halogens is 2. The van der Waals surface area contributed by atoms with Gasteiger partial charge in [0.05, 0.1) is 28.4 Å². The molecule has 5 rings (SSSR count). The summed E-state index contributed by atoms with van der Waals surface area (Å²) in [6.07, 6.45) is 0.848. The molecule has 0 bridgehead atoms. The molecule has 6 nitrogen and oxygen atoms in total. The van der Waals surface area contributed by atoms with E-state index in [-0.39, 0.29) is 16.5 Å². The third-order valence-electron chi connectivity index (χ3n) is 5.78. The lowest BCUT2D eigenvalue weighted by Crippen LogP contribution is -2.29. The van der Waals surface area contributed by atoms with Gasteiger partial charge in [-0.3, -0.25) is 14.5 Å². The van der Waals surface area contributed by atoms with Crippen molar-refractivity contribution in [2.24, 2.45) is 0 Å². The number of aliphatic hydroxyl groups excluding tert-OH is 1. The highest BCUT2D eigenvalue weighted by molar-refractivity contribution is 7.22. The molecular formula is C27H20ClFN2O4S. The number of nitrogens with zero attached hydrogens (tertiary/aromatic N) is 2. The van der Waals surface area contributed by atoms with Crippen molar-refractivity contribution in [3.63, 3.8) is 0 Å². The highest BCUT2D eigenvalue weighted by Crippen LogP contribution is 2.44. The third kappa shape index (κ3) is 4.34. The minimum absolute atomic E-state index is 0.0741. The highest BCUT2D eigenvalue weighted by Gasteiger charge is 2.48. The van der Waals surface area contributed by atoms with E-state index >= 15 is 0 Å². The van der Waals surface area contributed by atoms with Crippen molar-refractivity contribution >= 4 is 55.7 Å². The first-order valence-electron chi connectivity index (χ1n) is 11.2. The standard InChI is InChI=1S/C27H20ClFN2O4S/c1-2-13-35-19-10-5-15(6-11-19)23-22(24(32)16-3-7-17(28)8-4-16)25(33)26(34)31(23)27-30-20-12-9-18(29)14-21(20)36-27/h3-12,14,23,32H,2,13H2,1H3/b24-22+. The minimum Gasteiger partial charge on any atom is -0.507 e. The summed E-state index contributed by atoms with van der Waals surface area (Å²) in [5.74, 6) is -1.78. The molecule has 1 unspecified atom stereocenters. The van der Waals surface area contributed by atoms with E-state index in [2.05, 4.69) is 4.98 Å². The molecule has 1 aliphatic heterocycles. The number of ketones is 1. The molecule has 1 saturated heterocycles. The molecule has 182 valence electrons. The molecule has 1 N–H and O–H groups in total. The van der Waals surface area contributed by atoms with Crippen LogP contribution < -0.4 is 9.64 Å². The number of fused-ring (bicyclic) bond motifs is 1. The summed E-state index contributed by atoms with van der Waals surface area (Å²) in [7, 11) is 0. The van der Waals surface area contributed by atoms with Gasteiger partial charge in [0.15, 0.2) is 5.13 Å². The van der Waals surface area contributed by atoms with Crippen LogP contribution in [0.5, 0.6) is 5.75 Å². The highest BCUT2D eigenvalue weighted by atomic mass is 35.5. The second kappa shape index (κ2) is 9.72. The monoisotopic (exact) mass is 522 g/mol. The maximum absolute atomic E-state index is 13.8. The van der Waals surface area contributed by atoms with Crippen LogP contribution in [0, 0.1) is 5.82 Å². The molecule has 36 heavy (non-hydrogen) atoms. The number of benzene rings is 3. The maximum Gasteiger partial charge on any atom is 0.301 e. The Kier molecular flexibility index (Phi) is 6.47. The summed E-state index contributed by atoms with van der Waals surface area (Å²) in [4.78, 5) is 32.4. The first-order chi connectivity index (χ1) is 17.4. The molecule has 0 spiro atoms. The van der Waals surface area contributed by atoms with Crippen LogP contribution in [0.4, 0.5) is 9.52 Å². The van der Waals surface area contributed by atoms with Crippen LogP contribution in [0.2, 0.25) is 5.02 Å². The number of carbonyl (C=O) groups is 2. The Balaban J connectivity index is 1.67. The Labute approximate surface area is 215 Å². The van der Waals surface area contributed by atoms with E-state index in [0.29, 0.717) is 38.7 Å². The van der Waals surface area contributed by atoms with Crippen molar-refractivity contribution in [2.75, 3.05) is 11.5 Å². The van der Waals surface area contributed by atoms with Crippen molar-refractivity contribution in [1.82, 2.24) is 4.98 Å². The van der Waals surface area contributed by atoms with Gasteiger partial charge < -0.3 is 9.84 Å². The number of carbonyl (C=O) groups excluding carboxylic acids is 2. The molecule has 4 aromatic rings. The first-order valence-corrected chi connectivity index (χ1v) is 12.4. The lowest BCUT2D eigenvalue weighted by atomic mass is 9.95. The zero-order valence-corrected chi connectivity index (χ0v) is 20.6. The van der Waals surface area contributed by atoms with Crippen LogP contribution in [-0.4, -0.2) is 28.4 Å². The molecule has 1 aliphatic rings. The molecule has 0 radical (unpaired) electrons. The molecule has 0 saturated carbocycles. The number of ether oxygens (including phenoxy) is 1. The summed E-state index contributed by atoms with van der Waals surface area (Å²) in [6, 6.07) is 16.5. The van der Waals surface area contributed by atoms with E-state index in [4.69, 9.17) is 16.3 Å². The van der Waals surface area contributed by atoms with E-state index in [1.54, 1.807) is 48.5 Å². The predicted molar refractivity (Wildman–Crippen MR) is 138 cm³/mol. The molecule has 1 fully saturated rings. The van der Waals surface area contributed by atoms with Crippen LogP contribution in [0.3, 0.4) is 0 Å². The van der Waals surface area contributed by atoms with Gasteiger partial charge in [0.2, 0.25) is 0 Å². The summed E-state index contributed by atoms with van der Waals surface area (Å²) < 4.78 is 20.0. The molecule has 1 atom stereocenters. The van der Waals surface area contributed by atoms with Gasteiger partial charge >= 0.3 is 5.91 Å². The van der Waals surface area contributed by atoms with Gasteiger partial charge in [-0.15, -0.1) is 0 Å². The molecule has 1 amide bonds. The Morgan fingerprint density at radius 2 is 1.83 bits per heavy atom. The number of rotatable bonds is 6. The topological polar surface area (TPSA) is 79.7 Å². The second-order valence-corrected chi connectivity index (χ2v) is 9.65. The molecule has 2 heterocycles. The first kappa shape index (κ1) is 24.0. The van der Waals surface area contributed by atoms with E-state index in [0.717, 1.165) is 17.8 Å². The van der Waals surface area contributed by atoms with Crippen LogP contribution in [0.15, 0.2) is 72.3 Å². The quantitative estimate of drug-likeness (QED) is 0.177. The van der Waals surface area contributed by atoms with Crippen LogP contribution in [0.25, 0.3) is 16.0 Å². The smallest absolute Gasteiger partial charge is 0.301 e. The number of aliphatic hydroxyl groups is 1. The number of aromatic nitrogens is 1. The average molecular weight is 523 g/mol. The largest absolute Gasteiger partial charge is 0.507 e. The van der Waals surface area contributed by atoms with Crippen molar-refractivity contribution in [3.05, 3.63) is 94.3 Å². The molecule has 1 aromatic heterocycles. The zero-order chi connectivity index (χ0) is 25.4. The fourth-order valence-corrected chi connectivity index (χ4v) is 5.21. The van der Waals surface area contributed by atoms with Crippen molar-refractivity contribution in [2.45, 2.75) is 19.4 Å². The summed E-state index contributed by atoms with van der Waals surface area (Å²) >= 11 is 7.08. The zero-order valence-electron chi connectivity index (χ0n) is 19.1. The van der Waals surface area contributed by atoms with Gasteiger partial charge in [0, 0.05) is 10.6 Å². The number of hydrogen-bond donors (Lipinski definition) is 1. The number of amides is 1. The fourth-order valence-electron chi connectivity index (χ4n) is 4.06. The molecular weight excluding hydrogens is 503 g/mol. The second-order valence-electron chi connectivity index (χ2n) is 8.20. The summed E-state index contributed by atoms with van der Waals surface area (Å²) in [6.45, 7) is 2.55. The van der Waals surface area contributed by atoms with Crippen molar-refractivity contribution < 1.29 is 23.8 Å². The summed E-state index contributed by atoms with van der Waals surface area (Å²) in [5.41, 5.74) is 1.35. The van der Waals surface area contributed by atoms with E-state index in [1.807, 2.05) is 6.92 Å². The Bertz CT molecular complexity index is 1500. The van der Waals surface area contributed by atoms with Gasteiger partial charge in [-0.1, -0.05) is 42.0 Å². The van der Waals surface area contributed by atoms with Gasteiger partial charge in [0.1, 0.15) is 17.3 Å². The van der Waals surface area contributed by atoms with Gasteiger partial charge in [0.25, 0.3) is 5.78 Å².